The molecule has 1 N–H and O–H groups in total. The summed E-state index contributed by atoms with van der Waals surface area (Å²) in [5.74, 6) is 0.594. The average molecular weight is 370 g/mol. The predicted octanol–water partition coefficient (Wildman–Crippen LogP) is 3.47. The van der Waals surface area contributed by atoms with Crippen molar-refractivity contribution in [1.29, 1.82) is 0 Å². The van der Waals surface area contributed by atoms with E-state index in [0.717, 1.165) is 5.56 Å². The molecule has 140 valence electrons. The first kappa shape index (κ1) is 18.4. The van der Waals surface area contributed by atoms with Gasteiger partial charge in [-0.15, -0.1) is 0 Å². The van der Waals surface area contributed by atoms with Gasteiger partial charge in [-0.05, 0) is 36.2 Å². The molecule has 0 atom stereocenters. The minimum absolute atomic E-state index is 0.0709. The van der Waals surface area contributed by atoms with Gasteiger partial charge in [0.2, 0.25) is 5.76 Å². The Morgan fingerprint density at radius 2 is 1.93 bits per heavy atom. The molecule has 0 saturated carbocycles. The zero-order chi connectivity index (χ0) is 19.2. The Hall–Kier alpha value is -3.35. The molecule has 3 rings (SSSR count). The summed E-state index contributed by atoms with van der Waals surface area (Å²) in [5.41, 5.74) is 1.94. The van der Waals surface area contributed by atoms with Crippen LogP contribution in [-0.4, -0.2) is 31.8 Å². The van der Waals surface area contributed by atoms with Crippen molar-refractivity contribution >= 4 is 5.91 Å². The van der Waals surface area contributed by atoms with Gasteiger partial charge in [0.25, 0.3) is 5.91 Å². The number of aromatic nitrogens is 1. The van der Waals surface area contributed by atoms with Gasteiger partial charge in [-0.2, -0.15) is 0 Å². The number of benzene rings is 2. The van der Waals surface area contributed by atoms with Gasteiger partial charge in [-0.1, -0.05) is 23.4 Å². The number of methoxy groups -OCH3 is 2. The van der Waals surface area contributed by atoms with Crippen LogP contribution >= 0.6 is 0 Å². The van der Waals surface area contributed by atoms with Crippen molar-refractivity contribution in [3.8, 4) is 22.8 Å². The third kappa shape index (κ3) is 4.44. The van der Waals surface area contributed by atoms with E-state index in [1.165, 1.54) is 18.2 Å². The van der Waals surface area contributed by atoms with Crippen molar-refractivity contribution < 1.29 is 23.2 Å². The molecule has 0 saturated heterocycles. The summed E-state index contributed by atoms with van der Waals surface area (Å²) >= 11 is 0. The van der Waals surface area contributed by atoms with Crippen LogP contribution in [0.25, 0.3) is 11.3 Å². The highest BCUT2D eigenvalue weighted by atomic mass is 19.1. The van der Waals surface area contributed by atoms with Gasteiger partial charge in [0, 0.05) is 18.2 Å². The lowest BCUT2D eigenvalue weighted by Crippen LogP contribution is -2.25. The minimum Gasteiger partial charge on any atom is -0.493 e. The Morgan fingerprint density at radius 1 is 1.11 bits per heavy atom. The highest BCUT2D eigenvalue weighted by molar-refractivity contribution is 5.92. The maximum Gasteiger partial charge on any atom is 0.289 e. The Morgan fingerprint density at radius 3 is 2.67 bits per heavy atom. The lowest BCUT2D eigenvalue weighted by atomic mass is 10.1. The second-order valence-corrected chi connectivity index (χ2v) is 5.78. The zero-order valence-corrected chi connectivity index (χ0v) is 15.0. The van der Waals surface area contributed by atoms with Gasteiger partial charge in [0.1, 0.15) is 11.5 Å². The number of halogens is 1. The summed E-state index contributed by atoms with van der Waals surface area (Å²) in [6.45, 7) is 0.407. The van der Waals surface area contributed by atoms with Crippen LogP contribution in [0.15, 0.2) is 53.1 Å². The summed E-state index contributed by atoms with van der Waals surface area (Å²) in [4.78, 5) is 12.2. The van der Waals surface area contributed by atoms with Crippen molar-refractivity contribution in [1.82, 2.24) is 10.5 Å². The molecule has 1 heterocycles. The molecule has 7 heteroatoms. The number of carbonyl (C=O) groups is 1. The third-order valence-electron chi connectivity index (χ3n) is 4.00. The van der Waals surface area contributed by atoms with Gasteiger partial charge in [0.15, 0.2) is 11.5 Å². The Labute approximate surface area is 155 Å². The highest BCUT2D eigenvalue weighted by Crippen LogP contribution is 2.27. The van der Waals surface area contributed by atoms with Crippen LogP contribution in [0.4, 0.5) is 4.39 Å². The van der Waals surface area contributed by atoms with Gasteiger partial charge in [0.05, 0.1) is 14.2 Å². The fourth-order valence-electron chi connectivity index (χ4n) is 2.61. The quantitative estimate of drug-likeness (QED) is 0.689. The van der Waals surface area contributed by atoms with Crippen LogP contribution < -0.4 is 14.8 Å². The van der Waals surface area contributed by atoms with Gasteiger partial charge in [-0.25, -0.2) is 4.39 Å². The van der Waals surface area contributed by atoms with E-state index in [2.05, 4.69) is 10.5 Å². The van der Waals surface area contributed by atoms with Crippen molar-refractivity contribution in [2.75, 3.05) is 20.8 Å². The molecule has 1 amide bonds. The highest BCUT2D eigenvalue weighted by Gasteiger charge is 2.14. The number of hydrogen-bond acceptors (Lipinski definition) is 5. The van der Waals surface area contributed by atoms with Crippen LogP contribution in [0.3, 0.4) is 0 Å². The fourth-order valence-corrected chi connectivity index (χ4v) is 2.61. The molecule has 0 aliphatic rings. The zero-order valence-electron chi connectivity index (χ0n) is 15.0. The van der Waals surface area contributed by atoms with Gasteiger partial charge in [-0.3, -0.25) is 4.79 Å². The molecular formula is C20H19FN2O4. The first-order valence-electron chi connectivity index (χ1n) is 8.32. The number of ether oxygens (including phenoxy) is 2. The Kier molecular flexibility index (Phi) is 5.71. The van der Waals surface area contributed by atoms with Crippen LogP contribution in [0.2, 0.25) is 0 Å². The molecule has 0 bridgehead atoms. The molecule has 0 unspecified atom stereocenters. The Bertz CT molecular complexity index is 939. The number of hydrogen-bond donors (Lipinski definition) is 1. The lowest BCUT2D eigenvalue weighted by molar-refractivity contribution is 0.0917. The first-order chi connectivity index (χ1) is 13.1. The van der Waals surface area contributed by atoms with E-state index in [1.807, 2.05) is 18.2 Å². The van der Waals surface area contributed by atoms with Gasteiger partial charge < -0.3 is 19.3 Å². The standard InChI is InChI=1S/C20H19FN2O4/c1-25-17-7-6-13(10-18(17)26-2)8-9-22-20(24)19-12-16(23-27-19)14-4-3-5-15(21)11-14/h3-7,10-12H,8-9H2,1-2H3,(H,22,24). The fraction of sp³-hybridized carbons (Fsp3) is 0.200. The number of amides is 1. The van der Waals surface area contributed by atoms with E-state index in [1.54, 1.807) is 26.4 Å². The van der Waals surface area contributed by atoms with Crippen LogP contribution in [0.1, 0.15) is 16.1 Å². The molecule has 0 spiro atoms. The first-order valence-corrected chi connectivity index (χ1v) is 8.32. The van der Waals surface area contributed by atoms with Crippen molar-refractivity contribution in [2.24, 2.45) is 0 Å². The maximum atomic E-state index is 13.3. The van der Waals surface area contributed by atoms with E-state index in [0.29, 0.717) is 35.7 Å². The van der Waals surface area contributed by atoms with E-state index < -0.39 is 0 Å². The molecule has 6 nitrogen and oxygen atoms in total. The smallest absolute Gasteiger partial charge is 0.289 e. The molecule has 0 fully saturated rings. The van der Waals surface area contributed by atoms with Crippen molar-refractivity contribution in [2.45, 2.75) is 6.42 Å². The van der Waals surface area contributed by atoms with Crippen LogP contribution in [0, 0.1) is 5.82 Å². The van der Waals surface area contributed by atoms with E-state index in [4.69, 9.17) is 14.0 Å². The van der Waals surface area contributed by atoms with E-state index in [-0.39, 0.29) is 17.5 Å². The summed E-state index contributed by atoms with van der Waals surface area (Å²) in [5, 5.41) is 6.59. The van der Waals surface area contributed by atoms with Gasteiger partial charge >= 0.3 is 0 Å². The number of rotatable bonds is 7. The number of nitrogens with zero attached hydrogens (tertiary/aromatic N) is 1. The second-order valence-electron chi connectivity index (χ2n) is 5.78. The monoisotopic (exact) mass is 370 g/mol. The molecule has 1 aromatic heterocycles. The normalized spacial score (nSPS) is 10.5. The number of carbonyl (C=O) groups excluding carboxylic acids is 1. The SMILES string of the molecule is COc1ccc(CCNC(=O)c2cc(-c3cccc(F)c3)no2)cc1OC. The minimum atomic E-state index is -0.384. The van der Waals surface area contributed by atoms with E-state index >= 15 is 0 Å². The largest absolute Gasteiger partial charge is 0.493 e. The molecule has 2 aromatic carbocycles. The molecular weight excluding hydrogens is 351 g/mol. The molecule has 0 aliphatic carbocycles. The van der Waals surface area contributed by atoms with Crippen LogP contribution in [-0.2, 0) is 6.42 Å². The molecule has 3 aromatic rings. The van der Waals surface area contributed by atoms with E-state index in [9.17, 15) is 9.18 Å². The summed E-state index contributed by atoms with van der Waals surface area (Å²) in [6, 6.07) is 13.0. The van der Waals surface area contributed by atoms with Crippen molar-refractivity contribution in [3.05, 3.63) is 65.7 Å². The molecule has 0 radical (unpaired) electrons. The predicted molar refractivity (Wildman–Crippen MR) is 97.5 cm³/mol. The summed E-state index contributed by atoms with van der Waals surface area (Å²) < 4.78 is 28.8. The topological polar surface area (TPSA) is 73.6 Å². The lowest BCUT2D eigenvalue weighted by Gasteiger charge is -2.09. The maximum absolute atomic E-state index is 13.3. The number of nitrogens with one attached hydrogen (secondary N) is 1. The third-order valence-corrected chi connectivity index (χ3v) is 4.00. The Balaban J connectivity index is 1.59. The van der Waals surface area contributed by atoms with Crippen molar-refractivity contribution in [3.63, 3.8) is 0 Å². The summed E-state index contributed by atoms with van der Waals surface area (Å²) in [6.07, 6.45) is 0.608. The molecule has 0 aliphatic heterocycles. The second kappa shape index (κ2) is 8.35. The molecule has 27 heavy (non-hydrogen) atoms. The average Bonchev–Trinajstić information content (AvgIpc) is 3.18. The van der Waals surface area contributed by atoms with Crippen LogP contribution in [0.5, 0.6) is 11.5 Å². The summed E-state index contributed by atoms with van der Waals surface area (Å²) in [7, 11) is 3.15.